The van der Waals surface area contributed by atoms with Crippen LogP contribution in [-0.2, 0) is 16.1 Å². The first kappa shape index (κ1) is 28.5. The van der Waals surface area contributed by atoms with E-state index in [1.54, 1.807) is 30.3 Å². The predicted molar refractivity (Wildman–Crippen MR) is 164 cm³/mol. The van der Waals surface area contributed by atoms with E-state index in [2.05, 4.69) is 30.0 Å². The number of carbonyl (C=O) groups excluding carboxylic acids is 2. The lowest BCUT2D eigenvalue weighted by Gasteiger charge is -2.44. The fourth-order valence-corrected chi connectivity index (χ4v) is 6.38. The molecule has 9 nitrogen and oxygen atoms in total. The van der Waals surface area contributed by atoms with Gasteiger partial charge in [0.25, 0.3) is 17.5 Å². The summed E-state index contributed by atoms with van der Waals surface area (Å²) in [5.74, 6) is 0.231. The highest BCUT2D eigenvalue weighted by molar-refractivity contribution is 5.97. The van der Waals surface area contributed by atoms with Crippen LogP contribution < -0.4 is 4.90 Å². The molecule has 2 heterocycles. The number of non-ortho nitro benzene ring substituents is 1. The molecule has 3 fully saturated rings. The summed E-state index contributed by atoms with van der Waals surface area (Å²) >= 11 is 0. The molecule has 2 atom stereocenters. The SMILES string of the molecule is Cc1cccc(CN2C(=O)/C(=C\c3ccc(C(=O)N4CCN(c5ccc([N+](=O)[O-])cc5)CC4)cc3)OC3CCCCC32)c1. The lowest BCUT2D eigenvalue weighted by atomic mass is 9.89. The van der Waals surface area contributed by atoms with Crippen molar-refractivity contribution in [3.63, 3.8) is 0 Å². The second kappa shape index (κ2) is 12.3. The molecule has 0 spiro atoms. The first-order valence-electron chi connectivity index (χ1n) is 15.0. The van der Waals surface area contributed by atoms with Gasteiger partial charge in [0.2, 0.25) is 0 Å². The predicted octanol–water partition coefficient (Wildman–Crippen LogP) is 5.58. The number of rotatable bonds is 6. The van der Waals surface area contributed by atoms with Gasteiger partial charge < -0.3 is 19.4 Å². The quantitative estimate of drug-likeness (QED) is 0.215. The Bertz CT molecular complexity index is 1530. The van der Waals surface area contributed by atoms with Crippen LogP contribution in [0.25, 0.3) is 6.08 Å². The molecule has 0 bridgehead atoms. The monoisotopic (exact) mass is 580 g/mol. The largest absolute Gasteiger partial charge is 0.482 e. The number of amides is 2. The smallest absolute Gasteiger partial charge is 0.289 e. The number of nitro benzene ring substituents is 1. The molecule has 3 aromatic rings. The molecule has 2 unspecified atom stereocenters. The number of nitrogens with zero attached hydrogens (tertiary/aromatic N) is 4. The van der Waals surface area contributed by atoms with Crippen molar-refractivity contribution in [2.24, 2.45) is 0 Å². The normalized spacial score (nSPS) is 21.4. The Morgan fingerprint density at radius 2 is 1.70 bits per heavy atom. The molecule has 1 aliphatic carbocycles. The van der Waals surface area contributed by atoms with Crippen LogP contribution >= 0.6 is 0 Å². The van der Waals surface area contributed by atoms with Gasteiger partial charge in [-0.15, -0.1) is 0 Å². The van der Waals surface area contributed by atoms with Gasteiger partial charge in [0.05, 0.1) is 11.0 Å². The van der Waals surface area contributed by atoms with Gasteiger partial charge in [0.15, 0.2) is 5.76 Å². The van der Waals surface area contributed by atoms with Crippen LogP contribution in [-0.4, -0.2) is 64.9 Å². The van der Waals surface area contributed by atoms with Crippen LogP contribution in [0.15, 0.2) is 78.6 Å². The first-order valence-corrected chi connectivity index (χ1v) is 15.0. The van der Waals surface area contributed by atoms with E-state index in [0.717, 1.165) is 42.5 Å². The van der Waals surface area contributed by atoms with Gasteiger partial charge in [0, 0.05) is 56.1 Å². The van der Waals surface area contributed by atoms with Crippen LogP contribution in [0.4, 0.5) is 11.4 Å². The summed E-state index contributed by atoms with van der Waals surface area (Å²) in [4.78, 5) is 43.4. The van der Waals surface area contributed by atoms with Crippen LogP contribution in [0, 0.1) is 17.0 Å². The zero-order chi connectivity index (χ0) is 29.9. The molecule has 2 amide bonds. The highest BCUT2D eigenvalue weighted by Gasteiger charge is 2.41. The van der Waals surface area contributed by atoms with Gasteiger partial charge in [-0.1, -0.05) is 48.4 Å². The number of ether oxygens (including phenoxy) is 1. The van der Waals surface area contributed by atoms with E-state index in [9.17, 15) is 19.7 Å². The zero-order valence-corrected chi connectivity index (χ0v) is 24.4. The maximum atomic E-state index is 13.7. The summed E-state index contributed by atoms with van der Waals surface area (Å²) in [5, 5.41) is 10.9. The molecular formula is C34H36N4O5. The van der Waals surface area contributed by atoms with Crippen LogP contribution in [0.2, 0.25) is 0 Å². The minimum absolute atomic E-state index is 0.00645. The summed E-state index contributed by atoms with van der Waals surface area (Å²) < 4.78 is 6.29. The van der Waals surface area contributed by atoms with E-state index in [1.165, 1.54) is 17.7 Å². The fraction of sp³-hybridized carbons (Fsp3) is 0.353. The van der Waals surface area contributed by atoms with Crippen molar-refractivity contribution in [2.45, 2.75) is 51.3 Å². The molecule has 6 rings (SSSR count). The summed E-state index contributed by atoms with van der Waals surface area (Å²) in [5.41, 5.74) is 4.67. The Morgan fingerprint density at radius 3 is 2.40 bits per heavy atom. The van der Waals surface area contributed by atoms with Crippen molar-refractivity contribution in [3.05, 3.63) is 111 Å². The number of aryl methyl sites for hydroxylation is 1. The molecule has 2 aliphatic heterocycles. The summed E-state index contributed by atoms with van der Waals surface area (Å²) in [6.45, 7) is 5.04. The summed E-state index contributed by atoms with van der Waals surface area (Å²) in [6.07, 6.45) is 5.88. The van der Waals surface area contributed by atoms with Gasteiger partial charge in [-0.3, -0.25) is 19.7 Å². The van der Waals surface area contributed by atoms with Crippen molar-refractivity contribution in [1.82, 2.24) is 9.80 Å². The lowest BCUT2D eigenvalue weighted by molar-refractivity contribution is -0.384. The Kier molecular flexibility index (Phi) is 8.13. The minimum Gasteiger partial charge on any atom is -0.482 e. The summed E-state index contributed by atoms with van der Waals surface area (Å²) in [7, 11) is 0. The third-order valence-corrected chi connectivity index (χ3v) is 8.70. The first-order chi connectivity index (χ1) is 20.9. The van der Waals surface area contributed by atoms with Crippen molar-refractivity contribution < 1.29 is 19.2 Å². The van der Waals surface area contributed by atoms with Crippen LogP contribution in [0.3, 0.4) is 0 Å². The summed E-state index contributed by atoms with van der Waals surface area (Å²) in [6, 6.07) is 22.2. The van der Waals surface area contributed by atoms with Crippen molar-refractivity contribution >= 4 is 29.3 Å². The van der Waals surface area contributed by atoms with E-state index in [1.807, 2.05) is 28.0 Å². The van der Waals surface area contributed by atoms with Crippen molar-refractivity contribution in [2.75, 3.05) is 31.1 Å². The van der Waals surface area contributed by atoms with E-state index in [0.29, 0.717) is 44.0 Å². The Balaban J connectivity index is 1.11. The van der Waals surface area contributed by atoms with Gasteiger partial charge in [-0.25, -0.2) is 0 Å². The van der Waals surface area contributed by atoms with Crippen LogP contribution in [0.5, 0.6) is 0 Å². The maximum Gasteiger partial charge on any atom is 0.289 e. The molecule has 0 aromatic heterocycles. The van der Waals surface area contributed by atoms with Crippen molar-refractivity contribution in [3.8, 4) is 0 Å². The minimum atomic E-state index is -0.407. The third-order valence-electron chi connectivity index (χ3n) is 8.70. The average Bonchev–Trinajstić information content (AvgIpc) is 3.03. The fourth-order valence-electron chi connectivity index (χ4n) is 6.38. The molecular weight excluding hydrogens is 544 g/mol. The standard InChI is InChI=1S/C34H36N4O5/c1-24-5-4-6-26(21-24)23-37-30-7-2-3-8-31(30)43-32(34(37)40)22-25-9-11-27(12-10-25)33(39)36-19-17-35(18-20-36)28-13-15-29(16-14-28)38(41)42/h4-6,9-16,21-22,30-31H,2-3,7-8,17-20,23H2,1H3/b32-22+. The lowest BCUT2D eigenvalue weighted by Crippen LogP contribution is -2.54. The highest BCUT2D eigenvalue weighted by Crippen LogP contribution is 2.34. The molecule has 0 N–H and O–H groups in total. The average molecular weight is 581 g/mol. The molecule has 9 heteroatoms. The number of hydrogen-bond donors (Lipinski definition) is 0. The number of carbonyl (C=O) groups is 2. The Hall–Kier alpha value is -4.66. The molecule has 222 valence electrons. The number of fused-ring (bicyclic) bond motifs is 1. The molecule has 2 saturated heterocycles. The number of anilines is 1. The Morgan fingerprint density at radius 1 is 0.977 bits per heavy atom. The molecule has 43 heavy (non-hydrogen) atoms. The number of hydrogen-bond acceptors (Lipinski definition) is 6. The zero-order valence-electron chi connectivity index (χ0n) is 24.4. The van der Waals surface area contributed by atoms with E-state index >= 15 is 0 Å². The van der Waals surface area contributed by atoms with E-state index < -0.39 is 4.92 Å². The van der Waals surface area contributed by atoms with Gasteiger partial charge in [-0.2, -0.15) is 0 Å². The molecule has 1 saturated carbocycles. The van der Waals surface area contributed by atoms with Gasteiger partial charge >= 0.3 is 0 Å². The third kappa shape index (κ3) is 6.26. The number of piperazine rings is 1. The second-order valence-corrected chi connectivity index (χ2v) is 11.6. The molecule has 0 radical (unpaired) electrons. The molecule has 3 aromatic carbocycles. The second-order valence-electron chi connectivity index (χ2n) is 11.6. The number of morpholine rings is 1. The van der Waals surface area contributed by atoms with E-state index in [-0.39, 0.29) is 29.6 Å². The van der Waals surface area contributed by atoms with Gasteiger partial charge in [-0.05, 0) is 67.7 Å². The van der Waals surface area contributed by atoms with E-state index in [4.69, 9.17) is 4.74 Å². The topological polar surface area (TPSA) is 96.2 Å². The number of nitro groups is 1. The van der Waals surface area contributed by atoms with Crippen molar-refractivity contribution in [1.29, 1.82) is 0 Å². The number of benzene rings is 3. The maximum absolute atomic E-state index is 13.7. The molecule has 3 aliphatic rings. The Labute approximate surface area is 251 Å². The highest BCUT2D eigenvalue weighted by atomic mass is 16.6. The van der Waals surface area contributed by atoms with Crippen LogP contribution in [0.1, 0.15) is 52.7 Å². The van der Waals surface area contributed by atoms with Gasteiger partial charge in [0.1, 0.15) is 6.10 Å².